The van der Waals surface area contributed by atoms with Crippen molar-refractivity contribution in [2.75, 3.05) is 5.32 Å². The van der Waals surface area contributed by atoms with E-state index < -0.39 is 11.5 Å². The molecule has 1 heterocycles. The van der Waals surface area contributed by atoms with Gasteiger partial charge >= 0.3 is 5.97 Å². The lowest BCUT2D eigenvalue weighted by molar-refractivity contribution is -0.143. The number of hydrogen-bond donors (Lipinski definition) is 2. The van der Waals surface area contributed by atoms with Crippen LogP contribution in [0.5, 0.6) is 0 Å². The summed E-state index contributed by atoms with van der Waals surface area (Å²) in [6, 6.07) is 0. The van der Waals surface area contributed by atoms with Crippen molar-refractivity contribution in [3.8, 4) is 0 Å². The van der Waals surface area contributed by atoms with E-state index >= 15 is 0 Å². The Morgan fingerprint density at radius 3 is 2.53 bits per heavy atom. The van der Waals surface area contributed by atoms with Crippen molar-refractivity contribution < 1.29 is 9.90 Å². The SMILES string of the molecule is Cc1ncc(NC2(C(=O)O)CCC(C)CC2)nc1C. The third-order valence-corrected chi connectivity index (χ3v) is 4.10. The molecule has 5 heteroatoms. The molecule has 0 radical (unpaired) electrons. The Bertz CT molecular complexity index is 480. The van der Waals surface area contributed by atoms with Crippen LogP contribution in [-0.2, 0) is 4.79 Å². The number of hydrogen-bond acceptors (Lipinski definition) is 4. The average Bonchev–Trinajstić information content (AvgIpc) is 2.37. The van der Waals surface area contributed by atoms with E-state index in [0.717, 1.165) is 24.2 Å². The first-order chi connectivity index (χ1) is 8.93. The largest absolute Gasteiger partial charge is 0.480 e. The highest BCUT2D eigenvalue weighted by molar-refractivity contribution is 5.82. The van der Waals surface area contributed by atoms with Gasteiger partial charge in [-0.25, -0.2) is 9.78 Å². The van der Waals surface area contributed by atoms with Gasteiger partial charge in [-0.15, -0.1) is 0 Å². The number of carbonyl (C=O) groups is 1. The van der Waals surface area contributed by atoms with Gasteiger partial charge in [0.15, 0.2) is 0 Å². The van der Waals surface area contributed by atoms with Crippen molar-refractivity contribution in [2.24, 2.45) is 5.92 Å². The summed E-state index contributed by atoms with van der Waals surface area (Å²) in [5.74, 6) is 0.361. The highest BCUT2D eigenvalue weighted by Gasteiger charge is 2.41. The fourth-order valence-electron chi connectivity index (χ4n) is 2.49. The van der Waals surface area contributed by atoms with E-state index in [-0.39, 0.29) is 0 Å². The molecular weight excluding hydrogens is 242 g/mol. The zero-order valence-corrected chi connectivity index (χ0v) is 11.7. The molecule has 1 aromatic rings. The molecule has 1 aliphatic rings. The van der Waals surface area contributed by atoms with Gasteiger partial charge in [0.1, 0.15) is 11.4 Å². The summed E-state index contributed by atoms with van der Waals surface area (Å²) in [4.78, 5) is 20.2. The molecule has 0 amide bonds. The molecule has 1 saturated carbocycles. The van der Waals surface area contributed by atoms with Crippen molar-refractivity contribution in [3.05, 3.63) is 17.6 Å². The van der Waals surface area contributed by atoms with Crippen molar-refractivity contribution in [1.29, 1.82) is 0 Å². The third kappa shape index (κ3) is 2.85. The number of aryl methyl sites for hydroxylation is 2. The fourth-order valence-corrected chi connectivity index (χ4v) is 2.49. The topological polar surface area (TPSA) is 75.1 Å². The summed E-state index contributed by atoms with van der Waals surface area (Å²) in [6.07, 6.45) is 4.75. The van der Waals surface area contributed by atoms with Crippen LogP contribution in [0.25, 0.3) is 0 Å². The Kier molecular flexibility index (Phi) is 3.73. The molecule has 0 spiro atoms. The summed E-state index contributed by atoms with van der Waals surface area (Å²) in [5, 5.41) is 12.7. The molecular formula is C14H21N3O2. The summed E-state index contributed by atoms with van der Waals surface area (Å²) in [5.41, 5.74) is 0.810. The predicted molar refractivity (Wildman–Crippen MR) is 73.1 cm³/mol. The first kappa shape index (κ1) is 13.8. The van der Waals surface area contributed by atoms with Gasteiger partial charge < -0.3 is 10.4 Å². The van der Waals surface area contributed by atoms with Crippen LogP contribution in [0.4, 0.5) is 5.82 Å². The molecule has 0 saturated heterocycles. The summed E-state index contributed by atoms with van der Waals surface area (Å²) >= 11 is 0. The molecule has 104 valence electrons. The molecule has 2 rings (SSSR count). The summed E-state index contributed by atoms with van der Waals surface area (Å²) in [7, 11) is 0. The maximum absolute atomic E-state index is 11.6. The molecule has 0 atom stereocenters. The van der Waals surface area contributed by atoms with Crippen molar-refractivity contribution >= 4 is 11.8 Å². The number of nitrogens with one attached hydrogen (secondary N) is 1. The van der Waals surface area contributed by atoms with Crippen molar-refractivity contribution in [2.45, 2.75) is 52.0 Å². The second-order valence-electron chi connectivity index (χ2n) is 5.62. The Balaban J connectivity index is 2.21. The van der Waals surface area contributed by atoms with Gasteiger partial charge in [0.05, 0.1) is 17.6 Å². The predicted octanol–water partition coefficient (Wildman–Crippen LogP) is 2.54. The van der Waals surface area contributed by atoms with Crippen LogP contribution in [0.15, 0.2) is 6.20 Å². The molecule has 1 aliphatic carbocycles. The van der Waals surface area contributed by atoms with E-state index in [1.165, 1.54) is 0 Å². The molecule has 5 nitrogen and oxygen atoms in total. The van der Waals surface area contributed by atoms with Gasteiger partial charge in [-0.05, 0) is 45.4 Å². The normalized spacial score (nSPS) is 27.0. The number of aromatic nitrogens is 2. The Morgan fingerprint density at radius 1 is 1.37 bits per heavy atom. The maximum atomic E-state index is 11.6. The van der Waals surface area contributed by atoms with Crippen LogP contribution in [0.2, 0.25) is 0 Å². The van der Waals surface area contributed by atoms with Gasteiger partial charge in [-0.1, -0.05) is 6.92 Å². The third-order valence-electron chi connectivity index (χ3n) is 4.10. The molecule has 0 unspecified atom stereocenters. The van der Waals surface area contributed by atoms with Crippen LogP contribution in [0.3, 0.4) is 0 Å². The van der Waals surface area contributed by atoms with E-state index in [4.69, 9.17) is 0 Å². The first-order valence-corrected chi connectivity index (χ1v) is 6.75. The minimum Gasteiger partial charge on any atom is -0.480 e. The minimum atomic E-state index is -0.886. The molecule has 0 aliphatic heterocycles. The molecule has 1 fully saturated rings. The minimum absolute atomic E-state index is 0.556. The lowest BCUT2D eigenvalue weighted by Crippen LogP contribution is -2.49. The van der Waals surface area contributed by atoms with Crippen molar-refractivity contribution in [3.63, 3.8) is 0 Å². The lowest BCUT2D eigenvalue weighted by atomic mass is 9.77. The number of rotatable bonds is 3. The Hall–Kier alpha value is -1.65. The smallest absolute Gasteiger partial charge is 0.329 e. The van der Waals surface area contributed by atoms with E-state index in [1.54, 1.807) is 6.20 Å². The van der Waals surface area contributed by atoms with Crippen LogP contribution >= 0.6 is 0 Å². The van der Waals surface area contributed by atoms with E-state index in [2.05, 4.69) is 22.2 Å². The van der Waals surface area contributed by atoms with Gasteiger partial charge in [-0.2, -0.15) is 0 Å². The maximum Gasteiger partial charge on any atom is 0.329 e. The fraction of sp³-hybridized carbons (Fsp3) is 0.643. The number of nitrogens with zero attached hydrogens (tertiary/aromatic N) is 2. The van der Waals surface area contributed by atoms with E-state index in [0.29, 0.717) is 24.6 Å². The quantitative estimate of drug-likeness (QED) is 0.876. The second kappa shape index (κ2) is 5.15. The van der Waals surface area contributed by atoms with Gasteiger partial charge in [0.2, 0.25) is 0 Å². The molecule has 0 aromatic carbocycles. The van der Waals surface area contributed by atoms with Crippen LogP contribution < -0.4 is 5.32 Å². The Morgan fingerprint density at radius 2 is 2.00 bits per heavy atom. The van der Waals surface area contributed by atoms with E-state index in [1.807, 2.05) is 13.8 Å². The second-order valence-corrected chi connectivity index (χ2v) is 5.62. The summed E-state index contributed by atoms with van der Waals surface area (Å²) < 4.78 is 0. The molecule has 19 heavy (non-hydrogen) atoms. The zero-order chi connectivity index (χ0) is 14.0. The zero-order valence-electron chi connectivity index (χ0n) is 11.7. The first-order valence-electron chi connectivity index (χ1n) is 6.75. The highest BCUT2D eigenvalue weighted by Crippen LogP contribution is 2.34. The molecule has 0 bridgehead atoms. The number of carboxylic acids is 1. The highest BCUT2D eigenvalue weighted by atomic mass is 16.4. The average molecular weight is 263 g/mol. The molecule has 2 N–H and O–H groups in total. The lowest BCUT2D eigenvalue weighted by Gasteiger charge is -2.36. The van der Waals surface area contributed by atoms with E-state index in [9.17, 15) is 9.90 Å². The number of anilines is 1. The summed E-state index contributed by atoms with van der Waals surface area (Å²) in [6.45, 7) is 5.94. The molecule has 1 aromatic heterocycles. The monoisotopic (exact) mass is 263 g/mol. The van der Waals surface area contributed by atoms with Crippen LogP contribution in [-0.4, -0.2) is 26.6 Å². The van der Waals surface area contributed by atoms with Gasteiger partial charge in [0, 0.05) is 0 Å². The standard InChI is InChI=1S/C14H21N3O2/c1-9-4-6-14(7-5-9,13(18)19)17-12-8-15-10(2)11(3)16-12/h8-9H,4-7H2,1-3H3,(H,16,17)(H,18,19). The Labute approximate surface area is 113 Å². The van der Waals surface area contributed by atoms with Crippen LogP contribution in [0.1, 0.15) is 44.0 Å². The van der Waals surface area contributed by atoms with Gasteiger partial charge in [0.25, 0.3) is 0 Å². The number of carboxylic acid groups (broad SMARTS) is 1. The van der Waals surface area contributed by atoms with Gasteiger partial charge in [-0.3, -0.25) is 4.98 Å². The van der Waals surface area contributed by atoms with Crippen LogP contribution in [0, 0.1) is 19.8 Å². The van der Waals surface area contributed by atoms with Crippen molar-refractivity contribution in [1.82, 2.24) is 9.97 Å². The number of aliphatic carboxylic acids is 1.